The highest BCUT2D eigenvalue weighted by Crippen LogP contribution is 2.36. The third-order valence-corrected chi connectivity index (χ3v) is 4.81. The van der Waals surface area contributed by atoms with Crippen molar-refractivity contribution in [1.82, 2.24) is 4.98 Å². The van der Waals surface area contributed by atoms with Crippen LogP contribution in [0.3, 0.4) is 0 Å². The van der Waals surface area contributed by atoms with Crippen LogP contribution in [0, 0.1) is 10.1 Å². The van der Waals surface area contributed by atoms with Crippen LogP contribution in [0.25, 0.3) is 22.2 Å². The van der Waals surface area contributed by atoms with Gasteiger partial charge in [0, 0.05) is 41.7 Å². The van der Waals surface area contributed by atoms with E-state index in [9.17, 15) is 24.8 Å². The summed E-state index contributed by atoms with van der Waals surface area (Å²) in [4.78, 5) is 40.6. The van der Waals surface area contributed by atoms with Crippen molar-refractivity contribution >= 4 is 34.0 Å². The number of Topliss-reactive ketones (excluding diaryl/α,β-unsaturated/α-hetero) is 1. The number of nitrogens with zero attached hydrogens (tertiary/aromatic N) is 3. The molecule has 1 aliphatic heterocycles. The molecule has 8 nitrogen and oxygen atoms in total. The maximum atomic E-state index is 12.1. The molecule has 1 fully saturated rings. The third-order valence-electron chi connectivity index (χ3n) is 4.81. The fourth-order valence-electron chi connectivity index (χ4n) is 3.50. The summed E-state index contributed by atoms with van der Waals surface area (Å²) < 4.78 is 0. The van der Waals surface area contributed by atoms with Gasteiger partial charge in [0.2, 0.25) is 0 Å². The molecule has 0 bridgehead atoms. The minimum atomic E-state index is -1.31. The smallest absolute Gasteiger partial charge is 0.334 e. The monoisotopic (exact) mass is 377 g/mol. The maximum absolute atomic E-state index is 12.1. The summed E-state index contributed by atoms with van der Waals surface area (Å²) in [7, 11) is 0. The number of carboxylic acid groups (broad SMARTS) is 1. The number of aliphatic carboxylic acids is 1. The van der Waals surface area contributed by atoms with Crippen LogP contribution in [0.4, 0.5) is 11.4 Å². The second-order valence-corrected chi connectivity index (χ2v) is 6.50. The summed E-state index contributed by atoms with van der Waals surface area (Å²) in [5, 5.41) is 21.2. The van der Waals surface area contributed by atoms with Crippen molar-refractivity contribution in [2.45, 2.75) is 12.5 Å². The van der Waals surface area contributed by atoms with Gasteiger partial charge in [-0.25, -0.2) is 9.78 Å². The first-order valence-electron chi connectivity index (χ1n) is 8.62. The van der Waals surface area contributed by atoms with Crippen molar-refractivity contribution in [2.75, 3.05) is 11.4 Å². The molecule has 1 aromatic heterocycles. The van der Waals surface area contributed by atoms with Gasteiger partial charge in [-0.05, 0) is 12.1 Å². The normalized spacial score (nSPS) is 16.5. The number of non-ortho nitro benzene ring substituents is 1. The Morgan fingerprint density at radius 1 is 1.18 bits per heavy atom. The Labute approximate surface area is 159 Å². The SMILES string of the molecule is O=C(O)C1C(=O)CCN1c1cc(-c2ccccc2)nc2ccc([N+](=O)[O-])cc12. The Hall–Kier alpha value is -3.81. The molecule has 2 aromatic carbocycles. The zero-order chi connectivity index (χ0) is 19.8. The molecule has 28 heavy (non-hydrogen) atoms. The molecule has 1 saturated heterocycles. The maximum Gasteiger partial charge on any atom is 0.334 e. The predicted octanol–water partition coefficient (Wildman–Crippen LogP) is 3.04. The van der Waals surface area contributed by atoms with Gasteiger partial charge in [0.05, 0.1) is 16.1 Å². The summed E-state index contributed by atoms with van der Waals surface area (Å²) >= 11 is 0. The van der Waals surface area contributed by atoms with Crippen LogP contribution in [0.5, 0.6) is 0 Å². The van der Waals surface area contributed by atoms with Gasteiger partial charge in [0.1, 0.15) is 0 Å². The van der Waals surface area contributed by atoms with Gasteiger partial charge < -0.3 is 10.0 Å². The average molecular weight is 377 g/mol. The van der Waals surface area contributed by atoms with Crippen LogP contribution in [-0.2, 0) is 9.59 Å². The molecule has 1 atom stereocenters. The van der Waals surface area contributed by atoms with Gasteiger partial charge in [-0.15, -0.1) is 0 Å². The summed E-state index contributed by atoms with van der Waals surface area (Å²) in [5.41, 5.74) is 2.23. The first-order chi connectivity index (χ1) is 13.5. The number of nitro benzene ring substituents is 1. The number of carbonyl (C=O) groups excluding carboxylic acids is 1. The largest absolute Gasteiger partial charge is 0.479 e. The average Bonchev–Trinajstić information content (AvgIpc) is 3.08. The topological polar surface area (TPSA) is 114 Å². The van der Waals surface area contributed by atoms with Gasteiger partial charge >= 0.3 is 5.97 Å². The number of hydrogen-bond acceptors (Lipinski definition) is 6. The van der Waals surface area contributed by atoms with Gasteiger partial charge in [-0.3, -0.25) is 14.9 Å². The fourth-order valence-corrected chi connectivity index (χ4v) is 3.50. The molecular formula is C20H15N3O5. The molecule has 0 aliphatic carbocycles. The van der Waals surface area contributed by atoms with Crippen LogP contribution < -0.4 is 4.90 Å². The van der Waals surface area contributed by atoms with Gasteiger partial charge in [-0.2, -0.15) is 0 Å². The Bertz CT molecular complexity index is 1110. The van der Waals surface area contributed by atoms with Crippen molar-refractivity contribution in [3.05, 3.63) is 64.7 Å². The van der Waals surface area contributed by atoms with E-state index in [0.29, 0.717) is 22.3 Å². The van der Waals surface area contributed by atoms with Gasteiger partial charge in [0.25, 0.3) is 5.69 Å². The van der Waals surface area contributed by atoms with Crippen molar-refractivity contribution < 1.29 is 19.6 Å². The molecule has 1 N–H and O–H groups in total. The minimum absolute atomic E-state index is 0.108. The van der Waals surface area contributed by atoms with E-state index in [1.807, 2.05) is 30.3 Å². The van der Waals surface area contributed by atoms with Crippen molar-refractivity contribution in [3.8, 4) is 11.3 Å². The van der Waals surface area contributed by atoms with Crippen molar-refractivity contribution in [3.63, 3.8) is 0 Å². The first kappa shape index (κ1) is 17.6. The van der Waals surface area contributed by atoms with E-state index in [-0.39, 0.29) is 24.4 Å². The third kappa shape index (κ3) is 2.94. The first-order valence-corrected chi connectivity index (χ1v) is 8.62. The summed E-state index contributed by atoms with van der Waals surface area (Å²) in [6.07, 6.45) is 0.108. The molecular weight excluding hydrogens is 362 g/mol. The van der Waals surface area contributed by atoms with Crippen LogP contribution in [0.2, 0.25) is 0 Å². The molecule has 4 rings (SSSR count). The molecule has 1 unspecified atom stereocenters. The number of benzene rings is 2. The Kier molecular flexibility index (Phi) is 4.23. The number of ketones is 1. The minimum Gasteiger partial charge on any atom is -0.479 e. The molecule has 1 aliphatic rings. The highest BCUT2D eigenvalue weighted by atomic mass is 16.6. The second kappa shape index (κ2) is 6.73. The molecule has 0 radical (unpaired) electrons. The van der Waals surface area contributed by atoms with Crippen LogP contribution in [0.15, 0.2) is 54.6 Å². The molecule has 2 heterocycles. The number of carbonyl (C=O) groups is 2. The Morgan fingerprint density at radius 3 is 2.61 bits per heavy atom. The van der Waals surface area contributed by atoms with E-state index in [0.717, 1.165) is 5.56 Å². The van der Waals surface area contributed by atoms with Gasteiger partial charge in [0.15, 0.2) is 11.8 Å². The van der Waals surface area contributed by atoms with E-state index in [4.69, 9.17) is 0 Å². The Balaban J connectivity index is 1.98. The molecule has 0 amide bonds. The summed E-state index contributed by atoms with van der Waals surface area (Å²) in [5.74, 6) is -1.62. The lowest BCUT2D eigenvalue weighted by Crippen LogP contribution is -2.40. The fraction of sp³-hybridized carbons (Fsp3) is 0.150. The quantitative estimate of drug-likeness (QED) is 0.422. The lowest BCUT2D eigenvalue weighted by Gasteiger charge is -2.24. The van der Waals surface area contributed by atoms with E-state index in [2.05, 4.69) is 4.98 Å². The highest BCUT2D eigenvalue weighted by Gasteiger charge is 2.39. The lowest BCUT2D eigenvalue weighted by atomic mass is 10.1. The number of pyridine rings is 1. The molecule has 3 aromatic rings. The van der Waals surface area contributed by atoms with E-state index < -0.39 is 16.9 Å². The van der Waals surface area contributed by atoms with Crippen molar-refractivity contribution in [1.29, 1.82) is 0 Å². The zero-order valence-corrected chi connectivity index (χ0v) is 14.6. The predicted molar refractivity (Wildman–Crippen MR) is 102 cm³/mol. The summed E-state index contributed by atoms with van der Waals surface area (Å²) in [6.45, 7) is 0.228. The number of aromatic nitrogens is 1. The number of carboxylic acids is 1. The summed E-state index contributed by atoms with van der Waals surface area (Å²) in [6, 6.07) is 14.0. The number of rotatable bonds is 4. The number of nitro groups is 1. The van der Waals surface area contributed by atoms with Crippen LogP contribution in [-0.4, -0.2) is 39.4 Å². The van der Waals surface area contributed by atoms with Crippen LogP contribution in [0.1, 0.15) is 6.42 Å². The van der Waals surface area contributed by atoms with Crippen LogP contribution >= 0.6 is 0 Å². The van der Waals surface area contributed by atoms with Crippen molar-refractivity contribution in [2.24, 2.45) is 0 Å². The van der Waals surface area contributed by atoms with E-state index in [1.165, 1.54) is 23.1 Å². The molecule has 0 spiro atoms. The second-order valence-electron chi connectivity index (χ2n) is 6.50. The Morgan fingerprint density at radius 2 is 1.93 bits per heavy atom. The van der Waals surface area contributed by atoms with Gasteiger partial charge in [-0.1, -0.05) is 30.3 Å². The van der Waals surface area contributed by atoms with E-state index >= 15 is 0 Å². The lowest BCUT2D eigenvalue weighted by molar-refractivity contribution is -0.384. The molecule has 140 valence electrons. The molecule has 8 heteroatoms. The van der Waals surface area contributed by atoms with E-state index in [1.54, 1.807) is 6.07 Å². The number of hydrogen-bond donors (Lipinski definition) is 1. The highest BCUT2D eigenvalue weighted by molar-refractivity contribution is 6.10. The molecule has 0 saturated carbocycles. The number of fused-ring (bicyclic) bond motifs is 1. The number of anilines is 1. The standard InChI is InChI=1S/C20H15N3O5/c24-18-8-9-22(19(18)20(25)26)17-11-16(12-4-2-1-3-5-12)21-15-7-6-13(23(27)28)10-14(15)17/h1-7,10-11,19H,8-9H2,(H,25,26). The zero-order valence-electron chi connectivity index (χ0n) is 14.6.